The Morgan fingerprint density at radius 3 is 2.63 bits per heavy atom. The van der Waals surface area contributed by atoms with Gasteiger partial charge in [0.2, 0.25) is 0 Å². The van der Waals surface area contributed by atoms with Crippen LogP contribution in [-0.4, -0.2) is 44.3 Å². The van der Waals surface area contributed by atoms with E-state index in [1.165, 1.54) is 23.9 Å². The molecule has 0 atom stereocenters. The van der Waals surface area contributed by atoms with Crippen LogP contribution in [0.1, 0.15) is 22.5 Å². The van der Waals surface area contributed by atoms with Gasteiger partial charge in [-0.25, -0.2) is 9.78 Å². The van der Waals surface area contributed by atoms with E-state index in [1.54, 1.807) is 41.3 Å². The van der Waals surface area contributed by atoms with Gasteiger partial charge in [0.15, 0.2) is 0 Å². The van der Waals surface area contributed by atoms with E-state index in [-0.39, 0.29) is 11.5 Å². The van der Waals surface area contributed by atoms with E-state index in [0.717, 1.165) is 5.56 Å². The van der Waals surface area contributed by atoms with Crippen LogP contribution in [0.25, 0.3) is 17.3 Å². The third-order valence-corrected chi connectivity index (χ3v) is 6.95. The van der Waals surface area contributed by atoms with Gasteiger partial charge in [0.1, 0.15) is 10.1 Å². The minimum Gasteiger partial charge on any atom is -0.494 e. The van der Waals surface area contributed by atoms with Gasteiger partial charge in [-0.3, -0.25) is 9.69 Å². The molecule has 0 unspecified atom stereocenters. The topological polar surface area (TPSA) is 79.7 Å². The highest BCUT2D eigenvalue weighted by molar-refractivity contribution is 8.26. The van der Waals surface area contributed by atoms with Crippen molar-refractivity contribution < 1.29 is 19.4 Å². The zero-order valence-electron chi connectivity index (χ0n) is 18.1. The zero-order valence-corrected chi connectivity index (χ0v) is 21.3. The van der Waals surface area contributed by atoms with Crippen LogP contribution in [-0.2, 0) is 4.79 Å². The number of hydrogen-bond donors (Lipinski definition) is 1. The first-order chi connectivity index (χ1) is 16.8. The molecule has 1 amide bonds. The molecule has 6 nitrogen and oxygen atoms in total. The maximum absolute atomic E-state index is 12.9. The minimum absolute atomic E-state index is 0.178. The Morgan fingerprint density at radius 1 is 1.14 bits per heavy atom. The number of halogens is 2. The summed E-state index contributed by atoms with van der Waals surface area (Å²) in [6.07, 6.45) is 2.27. The zero-order chi connectivity index (χ0) is 24.9. The van der Waals surface area contributed by atoms with Crippen LogP contribution in [0.3, 0.4) is 0 Å². The molecule has 4 rings (SSSR count). The first-order valence-electron chi connectivity index (χ1n) is 10.5. The highest BCUT2D eigenvalue weighted by Crippen LogP contribution is 2.33. The Hall–Kier alpha value is -2.91. The number of benzene rings is 2. The summed E-state index contributed by atoms with van der Waals surface area (Å²) in [4.78, 5) is 30.5. The van der Waals surface area contributed by atoms with Crippen molar-refractivity contribution in [3.63, 3.8) is 0 Å². The van der Waals surface area contributed by atoms with Crippen molar-refractivity contribution in [2.24, 2.45) is 0 Å². The van der Waals surface area contributed by atoms with Gasteiger partial charge >= 0.3 is 5.97 Å². The van der Waals surface area contributed by atoms with Crippen LogP contribution in [0.5, 0.6) is 5.75 Å². The molecule has 0 spiro atoms. The molecule has 1 aromatic heterocycles. The van der Waals surface area contributed by atoms with E-state index in [1.807, 2.05) is 18.2 Å². The number of amides is 1. The quantitative estimate of drug-likeness (QED) is 0.199. The average molecular weight is 545 g/mol. The molecule has 2 heterocycles. The van der Waals surface area contributed by atoms with Gasteiger partial charge in [-0.15, -0.1) is 0 Å². The fourth-order valence-electron chi connectivity index (χ4n) is 3.31. The molecule has 0 bridgehead atoms. The summed E-state index contributed by atoms with van der Waals surface area (Å²) in [5.74, 6) is -0.607. The van der Waals surface area contributed by atoms with Crippen LogP contribution >= 0.6 is 47.2 Å². The summed E-state index contributed by atoms with van der Waals surface area (Å²) >= 11 is 18.9. The summed E-state index contributed by atoms with van der Waals surface area (Å²) in [5.41, 5.74) is 2.22. The van der Waals surface area contributed by atoms with Crippen molar-refractivity contribution >= 4 is 69.5 Å². The Bertz CT molecular complexity index is 1330. The van der Waals surface area contributed by atoms with E-state index in [4.69, 9.17) is 45.3 Å². The lowest BCUT2D eigenvalue weighted by Gasteiger charge is -2.14. The molecule has 3 aromatic rings. The molecule has 10 heteroatoms. The van der Waals surface area contributed by atoms with E-state index < -0.39 is 5.97 Å². The van der Waals surface area contributed by atoms with Gasteiger partial charge in [-0.2, -0.15) is 0 Å². The number of carbonyl (C=O) groups is 2. The van der Waals surface area contributed by atoms with Gasteiger partial charge in [0.05, 0.1) is 33.5 Å². The molecule has 1 fully saturated rings. The predicted molar refractivity (Wildman–Crippen MR) is 143 cm³/mol. The number of ether oxygens (including phenoxy) is 1. The number of carbonyl (C=O) groups excluding carboxylic acids is 1. The van der Waals surface area contributed by atoms with Crippen LogP contribution in [0.4, 0.5) is 0 Å². The molecule has 0 radical (unpaired) electrons. The summed E-state index contributed by atoms with van der Waals surface area (Å²) in [6, 6.07) is 16.9. The maximum Gasteiger partial charge on any atom is 0.335 e. The molecule has 1 aliphatic rings. The van der Waals surface area contributed by atoms with Gasteiger partial charge in [-0.05, 0) is 67.1 Å². The molecule has 1 saturated heterocycles. The van der Waals surface area contributed by atoms with E-state index in [9.17, 15) is 9.59 Å². The largest absolute Gasteiger partial charge is 0.494 e. The van der Waals surface area contributed by atoms with Crippen molar-refractivity contribution in [3.8, 4) is 17.0 Å². The molecule has 1 aliphatic heterocycles. The van der Waals surface area contributed by atoms with Crippen LogP contribution in [0, 0.1) is 0 Å². The summed E-state index contributed by atoms with van der Waals surface area (Å²) in [5, 5.41) is 9.99. The lowest BCUT2D eigenvalue weighted by atomic mass is 10.1. The monoisotopic (exact) mass is 544 g/mol. The lowest BCUT2D eigenvalue weighted by Crippen LogP contribution is -2.29. The Morgan fingerprint density at radius 2 is 1.91 bits per heavy atom. The van der Waals surface area contributed by atoms with Crippen LogP contribution in [0.2, 0.25) is 10.0 Å². The SMILES string of the molecule is O=C(O)c1ccc(OCCCN2C(=O)C(=Cc3cccc(-c4ccc(Cl)cc4Cl)n3)SC2=S)cc1. The Labute approximate surface area is 221 Å². The lowest BCUT2D eigenvalue weighted by molar-refractivity contribution is -0.122. The molecule has 35 heavy (non-hydrogen) atoms. The number of thiocarbonyl (C=S) groups is 1. The number of thioether (sulfide) groups is 1. The molecule has 1 N–H and O–H groups in total. The van der Waals surface area contributed by atoms with Crippen LogP contribution in [0.15, 0.2) is 65.6 Å². The van der Waals surface area contributed by atoms with Crippen molar-refractivity contribution in [1.29, 1.82) is 0 Å². The second kappa shape index (κ2) is 11.2. The van der Waals surface area contributed by atoms with E-state index >= 15 is 0 Å². The Kier molecular flexibility index (Phi) is 8.07. The number of nitrogens with zero attached hydrogens (tertiary/aromatic N) is 2. The normalized spacial score (nSPS) is 14.6. The summed E-state index contributed by atoms with van der Waals surface area (Å²) in [6.45, 7) is 0.761. The first-order valence-corrected chi connectivity index (χ1v) is 12.4. The van der Waals surface area contributed by atoms with Gasteiger partial charge in [0.25, 0.3) is 5.91 Å². The second-order valence-electron chi connectivity index (χ2n) is 7.44. The van der Waals surface area contributed by atoms with Gasteiger partial charge in [-0.1, -0.05) is 53.2 Å². The maximum atomic E-state index is 12.9. The molecular formula is C25H18Cl2N2O4S2. The highest BCUT2D eigenvalue weighted by atomic mass is 35.5. The number of pyridine rings is 1. The van der Waals surface area contributed by atoms with Crippen molar-refractivity contribution in [2.45, 2.75) is 6.42 Å². The number of rotatable bonds is 8. The number of carboxylic acids is 1. The molecule has 2 aromatic carbocycles. The third kappa shape index (κ3) is 6.21. The number of aromatic nitrogens is 1. The number of carboxylic acid groups (broad SMARTS) is 1. The van der Waals surface area contributed by atoms with Crippen molar-refractivity contribution in [2.75, 3.05) is 13.2 Å². The molecule has 0 aliphatic carbocycles. The van der Waals surface area contributed by atoms with E-state index in [0.29, 0.717) is 56.0 Å². The van der Waals surface area contributed by atoms with Crippen LogP contribution < -0.4 is 4.74 Å². The van der Waals surface area contributed by atoms with Crippen molar-refractivity contribution in [1.82, 2.24) is 9.88 Å². The first kappa shape index (κ1) is 25.2. The predicted octanol–water partition coefficient (Wildman–Crippen LogP) is 6.42. The van der Waals surface area contributed by atoms with Gasteiger partial charge in [0, 0.05) is 17.1 Å². The Balaban J connectivity index is 1.37. The fourth-order valence-corrected chi connectivity index (χ4v) is 5.11. The summed E-state index contributed by atoms with van der Waals surface area (Å²) in [7, 11) is 0. The number of hydrogen-bond acceptors (Lipinski definition) is 6. The average Bonchev–Trinajstić information content (AvgIpc) is 3.09. The number of aromatic carboxylic acids is 1. The fraction of sp³-hybridized carbons (Fsp3) is 0.120. The molecule has 178 valence electrons. The van der Waals surface area contributed by atoms with Crippen molar-refractivity contribution in [3.05, 3.63) is 86.9 Å². The standard InChI is InChI=1S/C25H18Cl2N2O4S2/c26-16-7-10-19(20(27)13-16)21-4-1-3-17(28-21)14-22-23(30)29(25(34)35-22)11-2-12-33-18-8-5-15(6-9-18)24(31)32/h1,3-10,13-14H,2,11-12H2,(H,31,32). The molecule has 0 saturated carbocycles. The summed E-state index contributed by atoms with van der Waals surface area (Å²) < 4.78 is 6.12. The molecular weight excluding hydrogens is 527 g/mol. The minimum atomic E-state index is -0.991. The van der Waals surface area contributed by atoms with Gasteiger partial charge < -0.3 is 9.84 Å². The second-order valence-corrected chi connectivity index (χ2v) is 9.96. The third-order valence-electron chi connectivity index (χ3n) is 5.03. The smallest absolute Gasteiger partial charge is 0.335 e. The highest BCUT2D eigenvalue weighted by Gasteiger charge is 2.31. The van der Waals surface area contributed by atoms with E-state index in [2.05, 4.69) is 4.98 Å².